The zero-order valence-electron chi connectivity index (χ0n) is 10.7. The van der Waals surface area contributed by atoms with Crippen molar-refractivity contribution >= 4 is 21.4 Å². The molecule has 0 aliphatic rings. The van der Waals surface area contributed by atoms with Crippen LogP contribution in [0.25, 0.3) is 0 Å². The van der Waals surface area contributed by atoms with Crippen LogP contribution in [0.4, 0.5) is 11.4 Å². The van der Waals surface area contributed by atoms with Crippen molar-refractivity contribution in [1.29, 1.82) is 5.26 Å². The molecule has 0 unspecified atom stereocenters. The van der Waals surface area contributed by atoms with Crippen molar-refractivity contribution in [3.8, 4) is 6.07 Å². The fourth-order valence-corrected chi connectivity index (χ4v) is 3.23. The normalized spacial score (nSPS) is 11.9. The van der Waals surface area contributed by atoms with Crippen LogP contribution < -0.4 is 10.5 Å². The van der Waals surface area contributed by atoms with Crippen LogP contribution >= 0.6 is 0 Å². The van der Waals surface area contributed by atoms with E-state index in [1.54, 1.807) is 0 Å². The molecule has 1 aromatic carbocycles. The summed E-state index contributed by atoms with van der Waals surface area (Å²) in [5.74, 6) is -0.000554. The molecule has 3 N–H and O–H groups in total. The summed E-state index contributed by atoms with van der Waals surface area (Å²) in [5, 5.41) is 8.69. The molecule has 0 amide bonds. The van der Waals surface area contributed by atoms with Gasteiger partial charge in [0.05, 0.1) is 28.8 Å². The molecular weight excluding hydrogens is 250 g/mol. The fraction of sp³-hybridized carbons (Fsp3) is 0.417. The number of nitrogens with zero attached hydrogens (tertiary/aromatic N) is 1. The van der Waals surface area contributed by atoms with E-state index in [4.69, 9.17) is 11.0 Å². The predicted molar refractivity (Wildman–Crippen MR) is 72.4 cm³/mol. The van der Waals surface area contributed by atoms with Gasteiger partial charge in [0.2, 0.25) is 10.0 Å². The first-order chi connectivity index (χ1) is 8.13. The number of nitrogen functional groups attached to an aromatic ring is 1. The van der Waals surface area contributed by atoms with E-state index in [2.05, 4.69) is 4.72 Å². The highest BCUT2D eigenvalue weighted by Gasteiger charge is 2.22. The number of anilines is 2. The van der Waals surface area contributed by atoms with Crippen molar-refractivity contribution in [2.75, 3.05) is 16.2 Å². The van der Waals surface area contributed by atoms with Gasteiger partial charge in [-0.1, -0.05) is 20.8 Å². The summed E-state index contributed by atoms with van der Waals surface area (Å²) >= 11 is 0. The number of sulfonamides is 1. The number of nitriles is 1. The Balaban J connectivity index is 2.96. The van der Waals surface area contributed by atoms with E-state index in [-0.39, 0.29) is 16.9 Å². The van der Waals surface area contributed by atoms with Gasteiger partial charge in [-0.3, -0.25) is 4.72 Å². The molecule has 0 aromatic heterocycles. The van der Waals surface area contributed by atoms with Crippen LogP contribution in [0.5, 0.6) is 0 Å². The smallest absolute Gasteiger partial charge is 0.233 e. The number of benzene rings is 1. The van der Waals surface area contributed by atoms with Gasteiger partial charge in [-0.25, -0.2) is 8.42 Å². The van der Waals surface area contributed by atoms with Crippen molar-refractivity contribution < 1.29 is 8.42 Å². The van der Waals surface area contributed by atoms with E-state index in [0.29, 0.717) is 11.3 Å². The van der Waals surface area contributed by atoms with Crippen LogP contribution in [0.2, 0.25) is 0 Å². The predicted octanol–water partition coefficient (Wildman–Crippen LogP) is 1.93. The molecule has 0 heterocycles. The maximum atomic E-state index is 11.9. The van der Waals surface area contributed by atoms with Crippen molar-refractivity contribution in [2.24, 2.45) is 5.41 Å². The lowest BCUT2D eigenvalue weighted by molar-refractivity contribution is 0.463. The van der Waals surface area contributed by atoms with E-state index >= 15 is 0 Å². The Kier molecular flexibility index (Phi) is 3.87. The Morgan fingerprint density at radius 1 is 1.39 bits per heavy atom. The average molecular weight is 267 g/mol. The van der Waals surface area contributed by atoms with Gasteiger partial charge in [-0.15, -0.1) is 0 Å². The molecule has 0 fully saturated rings. The van der Waals surface area contributed by atoms with Gasteiger partial charge in [-0.05, 0) is 23.6 Å². The highest BCUT2D eigenvalue weighted by atomic mass is 32.2. The summed E-state index contributed by atoms with van der Waals surface area (Å²) in [4.78, 5) is 0. The van der Waals surface area contributed by atoms with Gasteiger partial charge < -0.3 is 5.73 Å². The first kappa shape index (κ1) is 14.3. The number of nitrogens with two attached hydrogens (primary N) is 1. The third-order valence-corrected chi connectivity index (χ3v) is 3.85. The Morgan fingerprint density at radius 3 is 2.44 bits per heavy atom. The highest BCUT2D eigenvalue weighted by Crippen LogP contribution is 2.23. The number of hydrogen-bond acceptors (Lipinski definition) is 4. The lowest BCUT2D eigenvalue weighted by Crippen LogP contribution is -2.26. The maximum absolute atomic E-state index is 11.9. The highest BCUT2D eigenvalue weighted by molar-refractivity contribution is 7.92. The van der Waals surface area contributed by atoms with Crippen LogP contribution in [0.15, 0.2) is 18.2 Å². The molecule has 1 rings (SSSR count). The Hall–Kier alpha value is -1.74. The summed E-state index contributed by atoms with van der Waals surface area (Å²) in [6.07, 6.45) is 0. The van der Waals surface area contributed by atoms with E-state index in [9.17, 15) is 8.42 Å². The Morgan fingerprint density at radius 2 is 2.00 bits per heavy atom. The van der Waals surface area contributed by atoms with E-state index in [1.165, 1.54) is 18.2 Å². The molecule has 98 valence electrons. The molecule has 0 aliphatic heterocycles. The minimum absolute atomic E-state index is 0.000554. The number of hydrogen-bond donors (Lipinski definition) is 2. The zero-order chi connectivity index (χ0) is 14.0. The second-order valence-corrected chi connectivity index (χ2v) is 7.06. The van der Waals surface area contributed by atoms with Crippen molar-refractivity contribution in [3.63, 3.8) is 0 Å². The SMILES string of the molecule is CC(C)(C)CS(=O)(=O)Nc1ccc(C#N)cc1N. The molecule has 0 atom stereocenters. The monoisotopic (exact) mass is 267 g/mol. The second kappa shape index (κ2) is 4.86. The molecular formula is C12H17N3O2S. The van der Waals surface area contributed by atoms with Crippen LogP contribution in [-0.2, 0) is 10.0 Å². The summed E-state index contributed by atoms with van der Waals surface area (Å²) in [5.41, 5.74) is 6.29. The van der Waals surface area contributed by atoms with Crippen LogP contribution in [0, 0.1) is 16.7 Å². The lowest BCUT2D eigenvalue weighted by atomic mass is 10.0. The number of rotatable bonds is 3. The van der Waals surface area contributed by atoms with Gasteiger partial charge in [0, 0.05) is 0 Å². The standard InChI is InChI=1S/C12H17N3O2S/c1-12(2,3)8-18(16,17)15-11-5-4-9(7-13)6-10(11)14/h4-6,15H,8,14H2,1-3H3. The quantitative estimate of drug-likeness (QED) is 0.818. The molecule has 1 aromatic rings. The average Bonchev–Trinajstić information content (AvgIpc) is 2.17. The Labute approximate surface area is 108 Å². The van der Waals surface area contributed by atoms with Gasteiger partial charge in [0.25, 0.3) is 0 Å². The zero-order valence-corrected chi connectivity index (χ0v) is 11.5. The van der Waals surface area contributed by atoms with E-state index < -0.39 is 10.0 Å². The topological polar surface area (TPSA) is 96.0 Å². The first-order valence-electron chi connectivity index (χ1n) is 5.43. The first-order valence-corrected chi connectivity index (χ1v) is 7.08. The summed E-state index contributed by atoms with van der Waals surface area (Å²) in [6.45, 7) is 5.52. The molecule has 0 spiro atoms. The molecule has 0 saturated heterocycles. The van der Waals surface area contributed by atoms with Gasteiger partial charge in [0.15, 0.2) is 0 Å². The van der Waals surface area contributed by atoms with Crippen molar-refractivity contribution in [1.82, 2.24) is 0 Å². The molecule has 0 saturated carbocycles. The summed E-state index contributed by atoms with van der Waals surface area (Å²) in [6, 6.07) is 6.39. The van der Waals surface area contributed by atoms with Crippen LogP contribution in [0.1, 0.15) is 26.3 Å². The minimum atomic E-state index is -3.45. The summed E-state index contributed by atoms with van der Waals surface area (Å²) < 4.78 is 26.2. The lowest BCUT2D eigenvalue weighted by Gasteiger charge is -2.19. The van der Waals surface area contributed by atoms with Crippen molar-refractivity contribution in [3.05, 3.63) is 23.8 Å². The van der Waals surface area contributed by atoms with Gasteiger partial charge in [-0.2, -0.15) is 5.26 Å². The second-order valence-electron chi connectivity index (χ2n) is 5.34. The number of nitrogens with one attached hydrogen (secondary N) is 1. The van der Waals surface area contributed by atoms with E-state index in [0.717, 1.165) is 0 Å². The molecule has 0 radical (unpaired) electrons. The molecule has 5 nitrogen and oxygen atoms in total. The summed E-state index contributed by atoms with van der Waals surface area (Å²) in [7, 11) is -3.45. The molecule has 0 bridgehead atoms. The third-order valence-electron chi connectivity index (χ3n) is 2.07. The van der Waals surface area contributed by atoms with Gasteiger partial charge in [0.1, 0.15) is 0 Å². The Bertz CT molecular complexity index is 580. The third kappa shape index (κ3) is 4.26. The van der Waals surface area contributed by atoms with E-state index in [1.807, 2.05) is 26.8 Å². The van der Waals surface area contributed by atoms with Gasteiger partial charge >= 0.3 is 0 Å². The van der Waals surface area contributed by atoms with Crippen molar-refractivity contribution in [2.45, 2.75) is 20.8 Å². The minimum Gasteiger partial charge on any atom is -0.397 e. The van der Waals surface area contributed by atoms with Crippen LogP contribution in [-0.4, -0.2) is 14.2 Å². The fourth-order valence-electron chi connectivity index (χ4n) is 1.50. The van der Waals surface area contributed by atoms with Crippen LogP contribution in [0.3, 0.4) is 0 Å². The molecule has 18 heavy (non-hydrogen) atoms. The largest absolute Gasteiger partial charge is 0.397 e. The molecule has 6 heteroatoms. The maximum Gasteiger partial charge on any atom is 0.233 e. The molecule has 0 aliphatic carbocycles.